The van der Waals surface area contributed by atoms with Crippen LogP contribution >= 0.6 is 0 Å². The first kappa shape index (κ1) is 19.4. The molecule has 1 saturated heterocycles. The number of rotatable bonds is 5. The van der Waals surface area contributed by atoms with Gasteiger partial charge in [0.05, 0.1) is 33.5 Å². The highest BCUT2D eigenvalue weighted by Gasteiger charge is 2.26. The van der Waals surface area contributed by atoms with Crippen LogP contribution in [-0.4, -0.2) is 57.0 Å². The van der Waals surface area contributed by atoms with Crippen LogP contribution in [0.4, 0.5) is 0 Å². The fourth-order valence-electron chi connectivity index (χ4n) is 4.72. The van der Waals surface area contributed by atoms with Gasteiger partial charge in [-0.2, -0.15) is 0 Å². The smallest absolute Gasteiger partial charge is 0.123 e. The predicted molar refractivity (Wildman–Crippen MR) is 117 cm³/mol. The number of H-pyrrole nitrogens is 1. The lowest BCUT2D eigenvalue weighted by atomic mass is 9.93. The van der Waals surface area contributed by atoms with Crippen molar-refractivity contribution >= 4 is 10.9 Å². The number of ether oxygens (including phenoxy) is 3. The SMILES string of the molecule is COc1ccc2[nH]c3c(c2c1)CCN[C@@H]3c1ccc(OC)c(CN2CCOCC2)c1. The Morgan fingerprint density at radius 1 is 1.07 bits per heavy atom. The summed E-state index contributed by atoms with van der Waals surface area (Å²) in [7, 11) is 3.47. The second kappa shape index (κ2) is 8.30. The molecule has 1 fully saturated rings. The Morgan fingerprint density at radius 3 is 2.73 bits per heavy atom. The lowest BCUT2D eigenvalue weighted by Crippen LogP contribution is -2.36. The Kier molecular flexibility index (Phi) is 5.37. The number of nitrogens with zero attached hydrogens (tertiary/aromatic N) is 1. The van der Waals surface area contributed by atoms with Gasteiger partial charge < -0.3 is 24.5 Å². The molecule has 3 heterocycles. The fraction of sp³-hybridized carbons (Fsp3) is 0.417. The molecule has 3 aromatic rings. The summed E-state index contributed by atoms with van der Waals surface area (Å²) in [4.78, 5) is 6.10. The van der Waals surface area contributed by atoms with Gasteiger partial charge in [0, 0.05) is 48.3 Å². The summed E-state index contributed by atoms with van der Waals surface area (Å²) in [6.45, 7) is 5.35. The molecule has 0 aliphatic carbocycles. The summed E-state index contributed by atoms with van der Waals surface area (Å²) >= 11 is 0. The molecule has 30 heavy (non-hydrogen) atoms. The highest BCUT2D eigenvalue weighted by Crippen LogP contribution is 2.36. The molecule has 0 amide bonds. The molecule has 6 nitrogen and oxygen atoms in total. The number of fused-ring (bicyclic) bond motifs is 3. The molecule has 0 saturated carbocycles. The molecule has 158 valence electrons. The van der Waals surface area contributed by atoms with Crippen LogP contribution in [0.3, 0.4) is 0 Å². The van der Waals surface area contributed by atoms with Crippen LogP contribution in [0.2, 0.25) is 0 Å². The van der Waals surface area contributed by atoms with Crippen molar-refractivity contribution in [3.63, 3.8) is 0 Å². The largest absolute Gasteiger partial charge is 0.497 e. The minimum Gasteiger partial charge on any atom is -0.497 e. The number of benzene rings is 2. The number of methoxy groups -OCH3 is 2. The highest BCUT2D eigenvalue weighted by atomic mass is 16.5. The van der Waals surface area contributed by atoms with Gasteiger partial charge in [-0.25, -0.2) is 0 Å². The van der Waals surface area contributed by atoms with Crippen molar-refractivity contribution < 1.29 is 14.2 Å². The van der Waals surface area contributed by atoms with Crippen molar-refractivity contribution in [1.82, 2.24) is 15.2 Å². The van der Waals surface area contributed by atoms with E-state index in [0.29, 0.717) is 0 Å². The summed E-state index contributed by atoms with van der Waals surface area (Å²) in [5.74, 6) is 1.85. The normalized spacial score (nSPS) is 19.6. The van der Waals surface area contributed by atoms with Crippen LogP contribution in [-0.2, 0) is 17.7 Å². The molecule has 1 atom stereocenters. The van der Waals surface area contributed by atoms with E-state index in [1.807, 2.05) is 6.07 Å². The maximum atomic E-state index is 5.67. The van der Waals surface area contributed by atoms with E-state index in [9.17, 15) is 0 Å². The molecule has 2 aromatic carbocycles. The van der Waals surface area contributed by atoms with Gasteiger partial charge in [0.15, 0.2) is 0 Å². The van der Waals surface area contributed by atoms with E-state index in [1.54, 1.807) is 14.2 Å². The van der Waals surface area contributed by atoms with E-state index in [0.717, 1.165) is 62.8 Å². The van der Waals surface area contributed by atoms with Crippen molar-refractivity contribution in [2.45, 2.75) is 19.0 Å². The predicted octanol–water partition coefficient (Wildman–Crippen LogP) is 3.25. The van der Waals surface area contributed by atoms with Gasteiger partial charge in [0.1, 0.15) is 11.5 Å². The number of nitrogens with one attached hydrogen (secondary N) is 2. The van der Waals surface area contributed by atoms with Gasteiger partial charge in [-0.3, -0.25) is 4.90 Å². The number of hydrogen-bond donors (Lipinski definition) is 2. The second-order valence-corrected chi connectivity index (χ2v) is 8.03. The summed E-state index contributed by atoms with van der Waals surface area (Å²) in [5.41, 5.74) is 6.30. The molecule has 1 aromatic heterocycles. The van der Waals surface area contributed by atoms with Crippen LogP contribution in [0.15, 0.2) is 36.4 Å². The number of aromatic amines is 1. The zero-order valence-corrected chi connectivity index (χ0v) is 17.7. The van der Waals surface area contributed by atoms with E-state index in [2.05, 4.69) is 45.5 Å². The van der Waals surface area contributed by atoms with Crippen molar-refractivity contribution in [3.05, 3.63) is 58.8 Å². The molecule has 0 spiro atoms. The van der Waals surface area contributed by atoms with Gasteiger partial charge in [-0.15, -0.1) is 0 Å². The topological polar surface area (TPSA) is 58.8 Å². The Hall–Kier alpha value is -2.54. The Morgan fingerprint density at radius 2 is 1.93 bits per heavy atom. The van der Waals surface area contributed by atoms with Crippen LogP contribution in [0.5, 0.6) is 11.5 Å². The first-order valence-corrected chi connectivity index (χ1v) is 10.7. The Bertz CT molecular complexity index is 1040. The van der Waals surface area contributed by atoms with Gasteiger partial charge in [0.2, 0.25) is 0 Å². The number of hydrogen-bond acceptors (Lipinski definition) is 5. The number of aromatic nitrogens is 1. The molecule has 2 aliphatic rings. The van der Waals surface area contributed by atoms with E-state index in [-0.39, 0.29) is 6.04 Å². The molecule has 6 heteroatoms. The molecule has 0 radical (unpaired) electrons. The average Bonchev–Trinajstić information content (AvgIpc) is 3.17. The minimum absolute atomic E-state index is 0.140. The van der Waals surface area contributed by atoms with Gasteiger partial charge in [-0.05, 0) is 47.9 Å². The van der Waals surface area contributed by atoms with Crippen molar-refractivity contribution in [3.8, 4) is 11.5 Å². The van der Waals surface area contributed by atoms with Crippen LogP contribution in [0.1, 0.15) is 28.4 Å². The minimum atomic E-state index is 0.140. The first-order valence-electron chi connectivity index (χ1n) is 10.7. The zero-order valence-electron chi connectivity index (χ0n) is 17.7. The molecule has 2 aliphatic heterocycles. The van der Waals surface area contributed by atoms with Crippen LogP contribution in [0.25, 0.3) is 10.9 Å². The maximum Gasteiger partial charge on any atom is 0.123 e. The summed E-state index contributed by atoms with van der Waals surface area (Å²) in [5, 5.41) is 4.97. The fourth-order valence-corrected chi connectivity index (χ4v) is 4.72. The third-order valence-corrected chi connectivity index (χ3v) is 6.29. The lowest BCUT2D eigenvalue weighted by molar-refractivity contribution is 0.0338. The third kappa shape index (κ3) is 3.55. The molecule has 2 N–H and O–H groups in total. The van der Waals surface area contributed by atoms with Crippen LogP contribution < -0.4 is 14.8 Å². The molecule has 0 unspecified atom stereocenters. The molecule has 5 rings (SSSR count). The van der Waals surface area contributed by atoms with Gasteiger partial charge in [-0.1, -0.05) is 6.07 Å². The van der Waals surface area contributed by atoms with Crippen LogP contribution in [0, 0.1) is 0 Å². The number of morpholine rings is 1. The van der Waals surface area contributed by atoms with Gasteiger partial charge in [0.25, 0.3) is 0 Å². The maximum absolute atomic E-state index is 5.67. The van der Waals surface area contributed by atoms with E-state index >= 15 is 0 Å². The highest BCUT2D eigenvalue weighted by molar-refractivity contribution is 5.86. The summed E-state index contributed by atoms with van der Waals surface area (Å²) < 4.78 is 16.6. The van der Waals surface area contributed by atoms with E-state index < -0.39 is 0 Å². The van der Waals surface area contributed by atoms with E-state index in [4.69, 9.17) is 14.2 Å². The third-order valence-electron chi connectivity index (χ3n) is 6.29. The molecular formula is C24H29N3O3. The van der Waals surface area contributed by atoms with Crippen molar-refractivity contribution in [1.29, 1.82) is 0 Å². The monoisotopic (exact) mass is 407 g/mol. The van der Waals surface area contributed by atoms with Crippen molar-refractivity contribution in [2.24, 2.45) is 0 Å². The summed E-state index contributed by atoms with van der Waals surface area (Å²) in [6.07, 6.45) is 1.01. The summed E-state index contributed by atoms with van der Waals surface area (Å²) in [6, 6.07) is 13.0. The molecular weight excluding hydrogens is 378 g/mol. The van der Waals surface area contributed by atoms with Gasteiger partial charge >= 0.3 is 0 Å². The first-order chi connectivity index (χ1) is 14.8. The van der Waals surface area contributed by atoms with Crippen molar-refractivity contribution in [2.75, 3.05) is 47.1 Å². The Balaban J connectivity index is 1.51. The van der Waals surface area contributed by atoms with E-state index in [1.165, 1.54) is 27.8 Å². The lowest BCUT2D eigenvalue weighted by Gasteiger charge is -2.29. The second-order valence-electron chi connectivity index (χ2n) is 8.03. The average molecular weight is 408 g/mol. The molecule has 0 bridgehead atoms. The quantitative estimate of drug-likeness (QED) is 0.680. The standard InChI is InChI=1S/C24H29N3O3/c1-28-18-4-5-21-20(14-18)19-7-8-25-23(24(19)26-21)16-3-6-22(29-2)17(13-16)15-27-9-11-30-12-10-27/h3-6,13-14,23,25-26H,7-12,15H2,1-2H3/t23-/m1/s1. The Labute approximate surface area is 177 Å². The zero-order chi connectivity index (χ0) is 20.5.